The van der Waals surface area contributed by atoms with Crippen LogP contribution in [0.15, 0.2) is 70.2 Å². The van der Waals surface area contributed by atoms with E-state index in [2.05, 4.69) is 15.0 Å². The maximum atomic E-state index is 5.90. The highest BCUT2D eigenvalue weighted by Gasteiger charge is 2.21. The zero-order valence-corrected chi connectivity index (χ0v) is 12.0. The molecule has 0 radical (unpaired) electrons. The Kier molecular flexibility index (Phi) is 3.12. The van der Waals surface area contributed by atoms with E-state index in [9.17, 15) is 0 Å². The summed E-state index contributed by atoms with van der Waals surface area (Å²) in [6.45, 7) is 0. The summed E-state index contributed by atoms with van der Waals surface area (Å²) in [5.74, 6) is 1.37. The molecule has 0 aliphatic carbocycles. The van der Waals surface area contributed by atoms with Crippen molar-refractivity contribution in [2.45, 2.75) is 0 Å². The summed E-state index contributed by atoms with van der Waals surface area (Å²) < 4.78 is 11.0. The molecule has 23 heavy (non-hydrogen) atoms. The first-order chi connectivity index (χ1) is 11.3. The van der Waals surface area contributed by atoms with Gasteiger partial charge in [-0.15, -0.1) is 0 Å². The predicted octanol–water partition coefficient (Wildman–Crippen LogP) is 3.64. The van der Waals surface area contributed by atoms with Crippen LogP contribution < -0.4 is 5.73 Å². The van der Waals surface area contributed by atoms with E-state index in [1.54, 1.807) is 37.1 Å². The van der Waals surface area contributed by atoms with Crippen molar-refractivity contribution in [2.24, 2.45) is 0 Å². The standard InChI is InChI=1S/C17H12N4O2/c18-17-20-15(12-3-1-9-22-12)14(11-5-7-19-8-6-11)16(21-17)13-4-2-10-23-13/h1-10H,(H2,18,20,21). The van der Waals surface area contributed by atoms with Crippen molar-refractivity contribution in [2.75, 3.05) is 5.73 Å². The summed E-state index contributed by atoms with van der Waals surface area (Å²) >= 11 is 0. The summed E-state index contributed by atoms with van der Waals surface area (Å²) in [6.07, 6.45) is 6.61. The van der Waals surface area contributed by atoms with Crippen LogP contribution in [0, 0.1) is 0 Å². The Morgan fingerprint density at radius 1 is 0.783 bits per heavy atom. The molecule has 112 valence electrons. The lowest BCUT2D eigenvalue weighted by atomic mass is 10.0. The van der Waals surface area contributed by atoms with E-state index < -0.39 is 0 Å². The summed E-state index contributed by atoms with van der Waals surface area (Å²) in [5.41, 5.74) is 8.81. The van der Waals surface area contributed by atoms with Crippen LogP contribution in [0.25, 0.3) is 34.0 Å². The largest absolute Gasteiger partial charge is 0.463 e. The number of hydrogen-bond donors (Lipinski definition) is 1. The lowest BCUT2D eigenvalue weighted by Crippen LogP contribution is -2.02. The van der Waals surface area contributed by atoms with Crippen molar-refractivity contribution in [1.29, 1.82) is 0 Å². The zero-order chi connectivity index (χ0) is 15.6. The van der Waals surface area contributed by atoms with Crippen molar-refractivity contribution >= 4 is 5.95 Å². The van der Waals surface area contributed by atoms with E-state index in [-0.39, 0.29) is 5.95 Å². The van der Waals surface area contributed by atoms with Crippen molar-refractivity contribution in [3.8, 4) is 34.0 Å². The molecular formula is C17H12N4O2. The van der Waals surface area contributed by atoms with Gasteiger partial charge >= 0.3 is 0 Å². The van der Waals surface area contributed by atoms with Crippen molar-refractivity contribution in [3.05, 3.63) is 61.3 Å². The first-order valence-electron chi connectivity index (χ1n) is 6.98. The quantitative estimate of drug-likeness (QED) is 0.621. The molecule has 0 aliphatic rings. The van der Waals surface area contributed by atoms with E-state index in [1.807, 2.05) is 24.3 Å². The SMILES string of the molecule is Nc1nc(-c2ccco2)c(-c2ccncc2)c(-c2ccco2)n1. The van der Waals surface area contributed by atoms with Gasteiger partial charge in [0.25, 0.3) is 0 Å². The van der Waals surface area contributed by atoms with Gasteiger partial charge in [-0.05, 0) is 42.0 Å². The Bertz CT molecular complexity index is 861. The van der Waals surface area contributed by atoms with Gasteiger partial charge in [-0.2, -0.15) is 0 Å². The highest BCUT2D eigenvalue weighted by atomic mass is 16.3. The Morgan fingerprint density at radius 3 is 1.83 bits per heavy atom. The van der Waals surface area contributed by atoms with Crippen LogP contribution in [-0.2, 0) is 0 Å². The maximum Gasteiger partial charge on any atom is 0.221 e. The molecule has 0 bridgehead atoms. The number of nitrogens with two attached hydrogens (primary N) is 1. The normalized spacial score (nSPS) is 10.8. The van der Waals surface area contributed by atoms with E-state index in [4.69, 9.17) is 14.6 Å². The molecule has 4 aromatic heterocycles. The highest BCUT2D eigenvalue weighted by Crippen LogP contribution is 2.38. The van der Waals surface area contributed by atoms with Crippen molar-refractivity contribution in [3.63, 3.8) is 0 Å². The monoisotopic (exact) mass is 304 g/mol. The Balaban J connectivity index is 2.07. The smallest absolute Gasteiger partial charge is 0.221 e. The van der Waals surface area contributed by atoms with E-state index >= 15 is 0 Å². The molecule has 0 fully saturated rings. The molecule has 4 rings (SSSR count). The van der Waals surface area contributed by atoms with Crippen LogP contribution in [0.3, 0.4) is 0 Å². The fourth-order valence-corrected chi connectivity index (χ4v) is 2.45. The van der Waals surface area contributed by atoms with E-state index in [1.165, 1.54) is 0 Å². The van der Waals surface area contributed by atoms with Gasteiger partial charge in [-0.3, -0.25) is 4.98 Å². The average molecular weight is 304 g/mol. The third-order valence-electron chi connectivity index (χ3n) is 3.40. The summed E-state index contributed by atoms with van der Waals surface area (Å²) in [5, 5.41) is 0. The second kappa shape index (κ2) is 5.42. The number of nitrogen functional groups attached to an aromatic ring is 1. The van der Waals surface area contributed by atoms with Gasteiger partial charge in [0.05, 0.1) is 12.5 Å². The van der Waals surface area contributed by atoms with Crippen LogP contribution in [0.5, 0.6) is 0 Å². The van der Waals surface area contributed by atoms with Crippen LogP contribution in [0.2, 0.25) is 0 Å². The van der Waals surface area contributed by atoms with Crippen LogP contribution >= 0.6 is 0 Å². The number of furan rings is 2. The van der Waals surface area contributed by atoms with Gasteiger partial charge in [0, 0.05) is 18.0 Å². The average Bonchev–Trinajstić information content (AvgIpc) is 3.28. The van der Waals surface area contributed by atoms with Gasteiger partial charge in [0.2, 0.25) is 5.95 Å². The molecule has 0 unspecified atom stereocenters. The Hall–Kier alpha value is -3.41. The zero-order valence-electron chi connectivity index (χ0n) is 12.0. The Morgan fingerprint density at radius 2 is 1.35 bits per heavy atom. The maximum absolute atomic E-state index is 5.90. The summed E-state index contributed by atoms with van der Waals surface area (Å²) in [7, 11) is 0. The minimum absolute atomic E-state index is 0.153. The Labute approximate surface area is 131 Å². The fraction of sp³-hybridized carbons (Fsp3) is 0. The molecular weight excluding hydrogens is 292 g/mol. The molecule has 6 nitrogen and oxygen atoms in total. The first-order valence-corrected chi connectivity index (χ1v) is 6.98. The van der Waals surface area contributed by atoms with Gasteiger partial charge < -0.3 is 14.6 Å². The van der Waals surface area contributed by atoms with Crippen LogP contribution in [0.4, 0.5) is 5.95 Å². The van der Waals surface area contributed by atoms with Crippen LogP contribution in [-0.4, -0.2) is 15.0 Å². The van der Waals surface area contributed by atoms with Crippen LogP contribution in [0.1, 0.15) is 0 Å². The van der Waals surface area contributed by atoms with Gasteiger partial charge in [0.15, 0.2) is 11.5 Å². The third kappa shape index (κ3) is 2.36. The number of nitrogens with zero attached hydrogens (tertiary/aromatic N) is 3. The molecule has 2 N–H and O–H groups in total. The van der Waals surface area contributed by atoms with Gasteiger partial charge in [0.1, 0.15) is 11.4 Å². The summed E-state index contributed by atoms with van der Waals surface area (Å²) in [6, 6.07) is 11.0. The lowest BCUT2D eigenvalue weighted by molar-refractivity contribution is 0.577. The molecule has 0 atom stereocenters. The molecule has 0 aliphatic heterocycles. The predicted molar refractivity (Wildman–Crippen MR) is 85.1 cm³/mol. The number of anilines is 1. The van der Waals surface area contributed by atoms with E-state index in [0.29, 0.717) is 22.9 Å². The minimum atomic E-state index is 0.153. The summed E-state index contributed by atoms with van der Waals surface area (Å²) in [4.78, 5) is 12.8. The topological polar surface area (TPSA) is 91.0 Å². The molecule has 0 spiro atoms. The molecule has 0 aromatic carbocycles. The number of aromatic nitrogens is 3. The molecule has 6 heteroatoms. The number of rotatable bonds is 3. The molecule has 0 saturated heterocycles. The number of pyridine rings is 1. The second-order valence-electron chi connectivity index (χ2n) is 4.84. The van der Waals surface area contributed by atoms with Crippen molar-refractivity contribution in [1.82, 2.24) is 15.0 Å². The van der Waals surface area contributed by atoms with E-state index in [0.717, 1.165) is 11.1 Å². The minimum Gasteiger partial charge on any atom is -0.463 e. The van der Waals surface area contributed by atoms with Gasteiger partial charge in [-0.25, -0.2) is 9.97 Å². The van der Waals surface area contributed by atoms with Crippen molar-refractivity contribution < 1.29 is 8.83 Å². The molecule has 4 heterocycles. The molecule has 0 saturated carbocycles. The second-order valence-corrected chi connectivity index (χ2v) is 4.84. The third-order valence-corrected chi connectivity index (χ3v) is 3.40. The lowest BCUT2D eigenvalue weighted by Gasteiger charge is -2.12. The molecule has 0 amide bonds. The fourth-order valence-electron chi connectivity index (χ4n) is 2.45. The first kappa shape index (κ1) is 13.3. The van der Waals surface area contributed by atoms with Gasteiger partial charge in [-0.1, -0.05) is 0 Å². The number of hydrogen-bond acceptors (Lipinski definition) is 6. The highest BCUT2D eigenvalue weighted by molar-refractivity contribution is 5.89. The molecule has 4 aromatic rings.